The minimum absolute atomic E-state index is 0.690. The molecule has 3 rings (SSSR count). The van der Waals surface area contributed by atoms with Gasteiger partial charge in [-0.05, 0) is 37.5 Å². The van der Waals surface area contributed by atoms with Crippen LogP contribution >= 0.6 is 0 Å². The molecule has 4 heteroatoms. The monoisotopic (exact) mass is 271 g/mol. The summed E-state index contributed by atoms with van der Waals surface area (Å²) >= 11 is 0. The van der Waals surface area contributed by atoms with Crippen LogP contribution in [-0.2, 0) is 13.1 Å². The Morgan fingerprint density at radius 1 is 1.35 bits per heavy atom. The number of aromatic nitrogens is 2. The van der Waals surface area contributed by atoms with Gasteiger partial charge in [0, 0.05) is 25.3 Å². The van der Waals surface area contributed by atoms with E-state index in [1.807, 2.05) is 31.6 Å². The molecular formula is C16H21N3O. The van der Waals surface area contributed by atoms with Gasteiger partial charge in [0.1, 0.15) is 5.75 Å². The lowest BCUT2D eigenvalue weighted by Crippen LogP contribution is -2.15. The molecular weight excluding hydrogens is 250 g/mol. The van der Waals surface area contributed by atoms with Gasteiger partial charge in [0.25, 0.3) is 0 Å². The standard InChI is InChI=1S/C16H21N3O/c1-2-20-16-5-3-4-13(8-16)9-17-10-15-11-18-12-19(15)14-6-7-14/h3-5,8,11-12,14,17H,2,6-7,9-10H2,1H3. The van der Waals surface area contributed by atoms with Crippen molar-refractivity contribution in [2.24, 2.45) is 0 Å². The van der Waals surface area contributed by atoms with E-state index in [0.29, 0.717) is 12.6 Å². The van der Waals surface area contributed by atoms with E-state index < -0.39 is 0 Å². The lowest BCUT2D eigenvalue weighted by Gasteiger charge is -2.09. The van der Waals surface area contributed by atoms with Crippen LogP contribution in [0.15, 0.2) is 36.8 Å². The highest BCUT2D eigenvalue weighted by molar-refractivity contribution is 5.28. The molecule has 1 saturated carbocycles. The molecule has 1 aliphatic carbocycles. The van der Waals surface area contributed by atoms with Crippen LogP contribution in [0.25, 0.3) is 0 Å². The molecule has 0 aliphatic heterocycles. The van der Waals surface area contributed by atoms with Crippen LogP contribution in [0.5, 0.6) is 5.75 Å². The van der Waals surface area contributed by atoms with Crippen molar-refractivity contribution in [1.82, 2.24) is 14.9 Å². The molecule has 106 valence electrons. The van der Waals surface area contributed by atoms with Gasteiger partial charge in [-0.1, -0.05) is 12.1 Å². The first-order chi connectivity index (χ1) is 9.86. The Hall–Kier alpha value is -1.81. The summed E-state index contributed by atoms with van der Waals surface area (Å²) < 4.78 is 7.81. The lowest BCUT2D eigenvalue weighted by atomic mass is 10.2. The van der Waals surface area contributed by atoms with Crippen LogP contribution < -0.4 is 10.1 Å². The SMILES string of the molecule is CCOc1cccc(CNCc2cncn2C2CC2)c1. The summed E-state index contributed by atoms with van der Waals surface area (Å²) in [5.41, 5.74) is 2.52. The minimum atomic E-state index is 0.690. The molecule has 4 nitrogen and oxygen atoms in total. The molecule has 0 unspecified atom stereocenters. The number of ether oxygens (including phenoxy) is 1. The lowest BCUT2D eigenvalue weighted by molar-refractivity contribution is 0.340. The number of imidazole rings is 1. The molecule has 1 aromatic carbocycles. The van der Waals surface area contributed by atoms with E-state index in [2.05, 4.69) is 27.0 Å². The Kier molecular flexibility index (Phi) is 4.02. The first-order valence-electron chi connectivity index (χ1n) is 7.30. The predicted molar refractivity (Wildman–Crippen MR) is 78.7 cm³/mol. The summed E-state index contributed by atoms with van der Waals surface area (Å²) in [6.45, 7) is 4.41. The van der Waals surface area contributed by atoms with Crippen molar-refractivity contribution in [1.29, 1.82) is 0 Å². The molecule has 0 spiro atoms. The first kappa shape index (κ1) is 13.2. The maximum atomic E-state index is 5.52. The highest BCUT2D eigenvalue weighted by Gasteiger charge is 2.24. The van der Waals surface area contributed by atoms with Crippen LogP contribution in [0.1, 0.15) is 37.1 Å². The molecule has 1 heterocycles. The van der Waals surface area contributed by atoms with Crippen molar-refractivity contribution in [3.8, 4) is 5.75 Å². The van der Waals surface area contributed by atoms with E-state index in [1.54, 1.807) is 0 Å². The topological polar surface area (TPSA) is 39.1 Å². The zero-order chi connectivity index (χ0) is 13.8. The van der Waals surface area contributed by atoms with Gasteiger partial charge >= 0.3 is 0 Å². The molecule has 0 atom stereocenters. The number of benzene rings is 1. The summed E-state index contributed by atoms with van der Waals surface area (Å²) in [5, 5.41) is 3.48. The maximum absolute atomic E-state index is 5.52. The van der Waals surface area contributed by atoms with E-state index in [4.69, 9.17) is 4.74 Å². The number of nitrogens with zero attached hydrogens (tertiary/aromatic N) is 2. The van der Waals surface area contributed by atoms with Crippen LogP contribution in [0.3, 0.4) is 0 Å². The van der Waals surface area contributed by atoms with E-state index in [9.17, 15) is 0 Å². The third-order valence-corrected chi connectivity index (χ3v) is 3.53. The molecule has 2 aromatic rings. The Balaban J connectivity index is 1.54. The Morgan fingerprint density at radius 3 is 3.05 bits per heavy atom. The van der Waals surface area contributed by atoms with Gasteiger partial charge in [0.2, 0.25) is 0 Å². The fourth-order valence-electron chi connectivity index (χ4n) is 2.40. The average Bonchev–Trinajstić information content (AvgIpc) is 3.20. The highest BCUT2D eigenvalue weighted by atomic mass is 16.5. The van der Waals surface area contributed by atoms with E-state index in [0.717, 1.165) is 18.8 Å². The van der Waals surface area contributed by atoms with Crippen LogP contribution in [0.2, 0.25) is 0 Å². The molecule has 0 radical (unpaired) electrons. The zero-order valence-corrected chi connectivity index (χ0v) is 11.9. The number of hydrogen-bond acceptors (Lipinski definition) is 3. The largest absolute Gasteiger partial charge is 0.494 e. The summed E-state index contributed by atoms with van der Waals surface area (Å²) in [5.74, 6) is 0.940. The van der Waals surface area contributed by atoms with Crippen molar-refractivity contribution < 1.29 is 4.74 Å². The van der Waals surface area contributed by atoms with Crippen molar-refractivity contribution in [2.45, 2.75) is 38.9 Å². The Morgan fingerprint density at radius 2 is 2.25 bits per heavy atom. The van der Waals surface area contributed by atoms with Crippen molar-refractivity contribution in [3.05, 3.63) is 48.0 Å². The second kappa shape index (κ2) is 6.09. The quantitative estimate of drug-likeness (QED) is 0.841. The van der Waals surface area contributed by atoms with Crippen LogP contribution in [-0.4, -0.2) is 16.2 Å². The normalized spacial score (nSPS) is 14.4. The third-order valence-electron chi connectivity index (χ3n) is 3.53. The predicted octanol–water partition coefficient (Wildman–Crippen LogP) is 2.91. The zero-order valence-electron chi connectivity index (χ0n) is 11.9. The fourth-order valence-corrected chi connectivity index (χ4v) is 2.40. The van der Waals surface area contributed by atoms with Crippen molar-refractivity contribution >= 4 is 0 Å². The second-order valence-electron chi connectivity index (χ2n) is 5.21. The molecule has 0 bridgehead atoms. The van der Waals surface area contributed by atoms with Gasteiger partial charge in [0.05, 0.1) is 18.6 Å². The molecule has 0 amide bonds. The van der Waals surface area contributed by atoms with Gasteiger partial charge in [-0.25, -0.2) is 4.98 Å². The number of rotatable bonds is 7. The van der Waals surface area contributed by atoms with Crippen molar-refractivity contribution in [2.75, 3.05) is 6.61 Å². The average molecular weight is 271 g/mol. The highest BCUT2D eigenvalue weighted by Crippen LogP contribution is 2.35. The first-order valence-corrected chi connectivity index (χ1v) is 7.30. The number of nitrogens with one attached hydrogen (secondary N) is 1. The fraction of sp³-hybridized carbons (Fsp3) is 0.438. The Labute approximate surface area is 119 Å². The van der Waals surface area contributed by atoms with Gasteiger partial charge in [-0.15, -0.1) is 0 Å². The summed E-state index contributed by atoms with van der Waals surface area (Å²) in [6, 6.07) is 8.93. The number of hydrogen-bond donors (Lipinski definition) is 1. The molecule has 1 fully saturated rings. The van der Waals surface area contributed by atoms with Gasteiger partial charge in [0.15, 0.2) is 0 Å². The smallest absolute Gasteiger partial charge is 0.119 e. The molecule has 1 aliphatic rings. The van der Waals surface area contributed by atoms with Gasteiger partial charge in [-0.2, -0.15) is 0 Å². The Bertz CT molecular complexity index is 560. The van der Waals surface area contributed by atoms with E-state index in [1.165, 1.54) is 24.1 Å². The van der Waals surface area contributed by atoms with Crippen LogP contribution in [0, 0.1) is 0 Å². The van der Waals surface area contributed by atoms with Gasteiger partial charge in [-0.3, -0.25) is 0 Å². The maximum Gasteiger partial charge on any atom is 0.119 e. The second-order valence-corrected chi connectivity index (χ2v) is 5.21. The van der Waals surface area contributed by atoms with E-state index in [-0.39, 0.29) is 0 Å². The van der Waals surface area contributed by atoms with Gasteiger partial charge < -0.3 is 14.6 Å². The third kappa shape index (κ3) is 3.20. The minimum Gasteiger partial charge on any atom is -0.494 e. The molecule has 1 N–H and O–H groups in total. The summed E-state index contributed by atoms with van der Waals surface area (Å²) in [4.78, 5) is 4.25. The van der Waals surface area contributed by atoms with Crippen LogP contribution in [0.4, 0.5) is 0 Å². The summed E-state index contributed by atoms with van der Waals surface area (Å²) in [7, 11) is 0. The molecule has 0 saturated heterocycles. The van der Waals surface area contributed by atoms with E-state index >= 15 is 0 Å². The molecule has 20 heavy (non-hydrogen) atoms. The van der Waals surface area contributed by atoms with Crippen molar-refractivity contribution in [3.63, 3.8) is 0 Å². The summed E-state index contributed by atoms with van der Waals surface area (Å²) in [6.07, 6.45) is 6.49. The molecule has 1 aromatic heterocycles.